The van der Waals surface area contributed by atoms with Crippen molar-refractivity contribution in [3.63, 3.8) is 0 Å². The number of aromatic nitrogens is 2. The zero-order chi connectivity index (χ0) is 21.6. The van der Waals surface area contributed by atoms with Gasteiger partial charge in [0.05, 0.1) is 37.8 Å². The maximum absolute atomic E-state index is 13.4. The fourth-order valence-electron chi connectivity index (χ4n) is 4.20. The van der Waals surface area contributed by atoms with E-state index in [1.165, 1.54) is 12.1 Å². The van der Waals surface area contributed by atoms with Crippen LogP contribution in [0, 0.1) is 5.82 Å². The summed E-state index contributed by atoms with van der Waals surface area (Å²) >= 11 is 0. The van der Waals surface area contributed by atoms with Crippen molar-refractivity contribution in [2.24, 2.45) is 0 Å². The quantitative estimate of drug-likeness (QED) is 0.602. The van der Waals surface area contributed by atoms with E-state index < -0.39 is 0 Å². The largest absolute Gasteiger partial charge is 0.495 e. The summed E-state index contributed by atoms with van der Waals surface area (Å²) in [5.41, 5.74) is 4.14. The Morgan fingerprint density at radius 2 is 1.74 bits per heavy atom. The predicted octanol–water partition coefficient (Wildman–Crippen LogP) is 3.05. The van der Waals surface area contributed by atoms with Crippen molar-refractivity contribution >= 4 is 5.69 Å². The number of nitrogens with zero attached hydrogens (tertiary/aromatic N) is 4. The van der Waals surface area contributed by atoms with Gasteiger partial charge in [-0.05, 0) is 48.4 Å². The summed E-state index contributed by atoms with van der Waals surface area (Å²) in [6.07, 6.45) is 2.73. The van der Waals surface area contributed by atoms with Crippen molar-refractivity contribution in [3.05, 3.63) is 66.1 Å². The zero-order valence-corrected chi connectivity index (χ0v) is 17.9. The van der Waals surface area contributed by atoms with Gasteiger partial charge in [0, 0.05) is 38.3 Å². The van der Waals surface area contributed by atoms with Gasteiger partial charge in [-0.15, -0.1) is 0 Å². The van der Waals surface area contributed by atoms with Crippen LogP contribution in [0.3, 0.4) is 0 Å². The van der Waals surface area contributed by atoms with Gasteiger partial charge in [0.15, 0.2) is 0 Å². The molecule has 1 N–H and O–H groups in total. The Labute approximate surface area is 182 Å². The SMILES string of the molecule is COc1ccccc1N1CCN(CCc2cnn(CCO)c2-c2ccc(F)cc2)CC1. The summed E-state index contributed by atoms with van der Waals surface area (Å²) in [6.45, 7) is 5.23. The van der Waals surface area contributed by atoms with E-state index in [0.29, 0.717) is 6.54 Å². The molecule has 2 aromatic carbocycles. The first-order chi connectivity index (χ1) is 15.2. The molecule has 2 heterocycles. The normalized spacial score (nSPS) is 14.7. The summed E-state index contributed by atoms with van der Waals surface area (Å²) in [7, 11) is 1.71. The molecule has 1 aliphatic heterocycles. The first kappa shape index (κ1) is 21.3. The highest BCUT2D eigenvalue weighted by Crippen LogP contribution is 2.29. The van der Waals surface area contributed by atoms with Crippen LogP contribution < -0.4 is 9.64 Å². The molecule has 1 aromatic heterocycles. The van der Waals surface area contributed by atoms with Crippen molar-refractivity contribution in [2.75, 3.05) is 51.3 Å². The number of piperazine rings is 1. The van der Waals surface area contributed by atoms with Crippen LogP contribution in [0.25, 0.3) is 11.3 Å². The zero-order valence-electron chi connectivity index (χ0n) is 17.9. The van der Waals surface area contributed by atoms with Crippen molar-refractivity contribution in [3.8, 4) is 17.0 Å². The number of hydrogen-bond donors (Lipinski definition) is 1. The lowest BCUT2D eigenvalue weighted by molar-refractivity contribution is 0.260. The van der Waals surface area contributed by atoms with E-state index >= 15 is 0 Å². The molecule has 0 atom stereocenters. The molecule has 31 heavy (non-hydrogen) atoms. The van der Waals surface area contributed by atoms with E-state index in [2.05, 4.69) is 21.0 Å². The average molecular weight is 425 g/mol. The molecule has 164 valence electrons. The highest BCUT2D eigenvalue weighted by molar-refractivity contribution is 5.63. The van der Waals surface area contributed by atoms with Crippen LogP contribution in [0.1, 0.15) is 5.56 Å². The molecule has 0 aliphatic carbocycles. The molecule has 7 heteroatoms. The van der Waals surface area contributed by atoms with Crippen LogP contribution in [-0.2, 0) is 13.0 Å². The molecule has 0 spiro atoms. The lowest BCUT2D eigenvalue weighted by Gasteiger charge is -2.36. The van der Waals surface area contributed by atoms with Crippen LogP contribution in [0.4, 0.5) is 10.1 Å². The number of halogens is 1. The predicted molar refractivity (Wildman–Crippen MR) is 120 cm³/mol. The van der Waals surface area contributed by atoms with Gasteiger partial charge < -0.3 is 14.7 Å². The van der Waals surface area contributed by atoms with Crippen molar-refractivity contribution < 1.29 is 14.2 Å². The third kappa shape index (κ3) is 4.89. The number of rotatable bonds is 8. The minimum Gasteiger partial charge on any atom is -0.495 e. The number of hydrogen-bond acceptors (Lipinski definition) is 5. The second kappa shape index (κ2) is 9.94. The summed E-state index contributed by atoms with van der Waals surface area (Å²) in [4.78, 5) is 4.84. The molecule has 1 saturated heterocycles. The molecule has 0 bridgehead atoms. The number of anilines is 1. The van der Waals surface area contributed by atoms with E-state index in [9.17, 15) is 9.50 Å². The van der Waals surface area contributed by atoms with Gasteiger partial charge in [-0.1, -0.05) is 12.1 Å². The summed E-state index contributed by atoms with van der Waals surface area (Å²) in [6, 6.07) is 14.6. The molecule has 1 aliphatic rings. The van der Waals surface area contributed by atoms with E-state index in [-0.39, 0.29) is 12.4 Å². The topological polar surface area (TPSA) is 53.8 Å². The van der Waals surface area contributed by atoms with Gasteiger partial charge in [0.25, 0.3) is 0 Å². The Kier molecular flexibility index (Phi) is 6.84. The summed E-state index contributed by atoms with van der Waals surface area (Å²) < 4.78 is 20.7. The standard InChI is InChI=1S/C24H29FN4O2/c1-31-23-5-3-2-4-22(23)28-14-12-27(13-15-28)11-10-20-18-26-29(16-17-30)24(20)19-6-8-21(25)9-7-19/h2-9,18,30H,10-17H2,1H3. The highest BCUT2D eigenvalue weighted by Gasteiger charge is 2.20. The van der Waals surface area contributed by atoms with Gasteiger partial charge in [0.1, 0.15) is 11.6 Å². The molecular weight excluding hydrogens is 395 g/mol. The first-order valence-corrected chi connectivity index (χ1v) is 10.7. The molecule has 3 aromatic rings. The highest BCUT2D eigenvalue weighted by atomic mass is 19.1. The van der Waals surface area contributed by atoms with E-state index in [1.807, 2.05) is 29.1 Å². The number of aliphatic hydroxyl groups excluding tert-OH is 1. The van der Waals surface area contributed by atoms with Gasteiger partial charge in [-0.2, -0.15) is 5.10 Å². The van der Waals surface area contributed by atoms with Gasteiger partial charge in [0.2, 0.25) is 0 Å². The van der Waals surface area contributed by atoms with Gasteiger partial charge in [-0.3, -0.25) is 9.58 Å². The fourth-order valence-corrected chi connectivity index (χ4v) is 4.20. The van der Waals surface area contributed by atoms with Crippen LogP contribution in [-0.4, -0.2) is 66.2 Å². The third-order valence-corrected chi connectivity index (χ3v) is 5.84. The Balaban J connectivity index is 1.40. The number of ether oxygens (including phenoxy) is 1. The maximum atomic E-state index is 13.4. The molecule has 1 fully saturated rings. The van der Waals surface area contributed by atoms with Crippen molar-refractivity contribution in [2.45, 2.75) is 13.0 Å². The second-order valence-electron chi connectivity index (χ2n) is 7.72. The fraction of sp³-hybridized carbons (Fsp3) is 0.375. The van der Waals surface area contributed by atoms with Crippen LogP contribution in [0.2, 0.25) is 0 Å². The average Bonchev–Trinajstić information content (AvgIpc) is 3.21. The Morgan fingerprint density at radius 3 is 2.45 bits per heavy atom. The molecular formula is C24H29FN4O2. The second-order valence-corrected chi connectivity index (χ2v) is 7.72. The first-order valence-electron chi connectivity index (χ1n) is 10.7. The lowest BCUT2D eigenvalue weighted by atomic mass is 10.0. The van der Waals surface area contributed by atoms with E-state index in [0.717, 1.165) is 67.4 Å². The molecule has 6 nitrogen and oxygen atoms in total. The molecule has 0 radical (unpaired) electrons. The monoisotopic (exact) mass is 424 g/mol. The number of methoxy groups -OCH3 is 1. The number of benzene rings is 2. The van der Waals surface area contributed by atoms with Crippen molar-refractivity contribution in [1.82, 2.24) is 14.7 Å². The maximum Gasteiger partial charge on any atom is 0.142 e. The minimum absolute atomic E-state index is 0.0141. The van der Waals surface area contributed by atoms with Crippen LogP contribution in [0.5, 0.6) is 5.75 Å². The molecule has 0 saturated carbocycles. The van der Waals surface area contributed by atoms with E-state index in [4.69, 9.17) is 4.74 Å². The van der Waals surface area contributed by atoms with E-state index in [1.54, 1.807) is 19.2 Å². The molecule has 0 unspecified atom stereocenters. The number of para-hydroxylation sites is 2. The summed E-state index contributed by atoms with van der Waals surface area (Å²) in [5.74, 6) is 0.655. The number of aliphatic hydroxyl groups is 1. The molecule has 4 rings (SSSR count). The van der Waals surface area contributed by atoms with Crippen LogP contribution >= 0.6 is 0 Å². The smallest absolute Gasteiger partial charge is 0.142 e. The Morgan fingerprint density at radius 1 is 1.00 bits per heavy atom. The Hall–Kier alpha value is -2.90. The third-order valence-electron chi connectivity index (χ3n) is 5.84. The van der Waals surface area contributed by atoms with Gasteiger partial charge >= 0.3 is 0 Å². The Bertz CT molecular complexity index is 981. The van der Waals surface area contributed by atoms with Crippen LogP contribution in [0.15, 0.2) is 54.7 Å². The lowest BCUT2D eigenvalue weighted by Crippen LogP contribution is -2.47. The van der Waals surface area contributed by atoms with Crippen molar-refractivity contribution in [1.29, 1.82) is 0 Å². The molecule has 0 amide bonds. The summed E-state index contributed by atoms with van der Waals surface area (Å²) in [5, 5.41) is 13.9. The minimum atomic E-state index is -0.258. The van der Waals surface area contributed by atoms with Gasteiger partial charge in [-0.25, -0.2) is 4.39 Å².